The molecule has 10 heteroatoms. The van der Waals surface area contributed by atoms with Crippen LogP contribution in [0.3, 0.4) is 0 Å². The average molecular weight is 433 g/mol. The molecule has 1 fully saturated rings. The molecular weight excluding hydrogens is 418 g/mol. The maximum atomic E-state index is 12.1. The van der Waals surface area contributed by atoms with Gasteiger partial charge in [0.05, 0.1) is 29.1 Å². The lowest BCUT2D eigenvalue weighted by Gasteiger charge is -2.10. The Bertz CT molecular complexity index is 723. The van der Waals surface area contributed by atoms with Crippen molar-refractivity contribution < 1.29 is 9.53 Å². The van der Waals surface area contributed by atoms with Crippen molar-refractivity contribution in [2.75, 3.05) is 17.7 Å². The van der Waals surface area contributed by atoms with Crippen molar-refractivity contribution in [3.8, 4) is 0 Å². The van der Waals surface area contributed by atoms with Gasteiger partial charge in [0.2, 0.25) is 11.1 Å². The maximum Gasteiger partial charge on any atom is 0.234 e. The first-order valence-electron chi connectivity index (χ1n) is 7.37. The number of nitrogens with zero attached hydrogens (tertiary/aromatic N) is 4. The van der Waals surface area contributed by atoms with Crippen LogP contribution in [0.15, 0.2) is 27.8 Å². The number of carbonyl (C=O) groups excluding carboxylic acids is 1. The lowest BCUT2D eigenvalue weighted by atomic mass is 10.2. The molecule has 0 bridgehead atoms. The highest BCUT2D eigenvalue weighted by atomic mass is 79.9. The number of hydrogen-bond acceptors (Lipinski definition) is 6. The van der Waals surface area contributed by atoms with Gasteiger partial charge in [-0.25, -0.2) is 4.68 Å². The molecule has 0 aliphatic carbocycles. The van der Waals surface area contributed by atoms with E-state index in [1.807, 2.05) is 6.07 Å². The highest BCUT2D eigenvalue weighted by Crippen LogP contribution is 2.26. The first-order valence-corrected chi connectivity index (χ1v) is 9.53. The van der Waals surface area contributed by atoms with Crippen molar-refractivity contribution in [1.29, 1.82) is 0 Å². The third kappa shape index (κ3) is 4.69. The molecule has 0 spiro atoms. The van der Waals surface area contributed by atoms with Gasteiger partial charge >= 0.3 is 0 Å². The second kappa shape index (κ2) is 8.28. The summed E-state index contributed by atoms with van der Waals surface area (Å²) in [5, 5.41) is 15.5. The fraction of sp³-hybridized carbons (Fsp3) is 0.429. The third-order valence-electron chi connectivity index (χ3n) is 3.44. The Morgan fingerprint density at radius 2 is 2.42 bits per heavy atom. The van der Waals surface area contributed by atoms with E-state index >= 15 is 0 Å². The molecule has 0 saturated carbocycles. The fourth-order valence-corrected chi connectivity index (χ4v) is 3.71. The number of aromatic nitrogens is 4. The van der Waals surface area contributed by atoms with Crippen LogP contribution in [0.4, 0.5) is 5.69 Å². The highest BCUT2D eigenvalue weighted by Gasteiger charge is 2.19. The van der Waals surface area contributed by atoms with E-state index < -0.39 is 0 Å². The van der Waals surface area contributed by atoms with Gasteiger partial charge in [0, 0.05) is 11.1 Å². The predicted octanol–water partition coefficient (Wildman–Crippen LogP) is 3.00. The Hall–Kier alpha value is -1.16. The van der Waals surface area contributed by atoms with Crippen LogP contribution in [0, 0.1) is 0 Å². The van der Waals surface area contributed by atoms with Gasteiger partial charge in [0.15, 0.2) is 0 Å². The predicted molar refractivity (Wildman–Crippen MR) is 95.3 cm³/mol. The van der Waals surface area contributed by atoms with Crippen molar-refractivity contribution in [3.63, 3.8) is 0 Å². The minimum absolute atomic E-state index is 0.142. The molecule has 7 nitrogen and oxygen atoms in total. The molecule has 1 N–H and O–H groups in total. The van der Waals surface area contributed by atoms with Crippen LogP contribution in [0.5, 0.6) is 0 Å². The van der Waals surface area contributed by atoms with Gasteiger partial charge in [0.25, 0.3) is 0 Å². The number of tetrazole rings is 1. The van der Waals surface area contributed by atoms with Crippen LogP contribution in [0.1, 0.15) is 12.8 Å². The van der Waals surface area contributed by atoms with Crippen molar-refractivity contribution in [3.05, 3.63) is 27.7 Å². The number of anilines is 1. The van der Waals surface area contributed by atoms with Crippen LogP contribution < -0.4 is 5.32 Å². The monoisotopic (exact) mass is 431 g/mol. The van der Waals surface area contributed by atoms with Crippen LogP contribution in [0.2, 0.25) is 5.02 Å². The zero-order valence-corrected chi connectivity index (χ0v) is 15.8. The normalized spacial score (nSPS) is 17.2. The van der Waals surface area contributed by atoms with Crippen molar-refractivity contribution in [2.45, 2.75) is 30.6 Å². The molecule has 3 rings (SSSR count). The SMILES string of the molecule is O=C(CSc1nnnn1C[C@@H]1CCCO1)Nc1ccc(Br)cc1Cl. The Morgan fingerprint density at radius 3 is 3.17 bits per heavy atom. The molecule has 2 aromatic rings. The summed E-state index contributed by atoms with van der Waals surface area (Å²) in [6, 6.07) is 5.29. The average Bonchev–Trinajstić information content (AvgIpc) is 3.20. The molecule has 0 unspecified atom stereocenters. The van der Waals surface area contributed by atoms with Crippen LogP contribution >= 0.6 is 39.3 Å². The summed E-state index contributed by atoms with van der Waals surface area (Å²) in [6.45, 7) is 1.39. The van der Waals surface area contributed by atoms with E-state index in [0.29, 0.717) is 22.4 Å². The molecule has 1 saturated heterocycles. The molecule has 1 atom stereocenters. The molecule has 2 heterocycles. The molecule has 128 valence electrons. The highest BCUT2D eigenvalue weighted by molar-refractivity contribution is 9.10. The topological polar surface area (TPSA) is 81.9 Å². The Balaban J connectivity index is 1.53. The first-order chi connectivity index (χ1) is 11.6. The van der Waals surface area contributed by atoms with E-state index in [-0.39, 0.29) is 17.8 Å². The molecule has 0 radical (unpaired) electrons. The lowest BCUT2D eigenvalue weighted by molar-refractivity contribution is -0.113. The molecule has 1 aliphatic heterocycles. The second-order valence-electron chi connectivity index (χ2n) is 5.24. The largest absolute Gasteiger partial charge is 0.376 e. The molecular formula is C14H15BrClN5O2S. The number of ether oxygens (including phenoxy) is 1. The summed E-state index contributed by atoms with van der Waals surface area (Å²) in [4.78, 5) is 12.1. The minimum atomic E-state index is -0.170. The quantitative estimate of drug-likeness (QED) is 0.707. The van der Waals surface area contributed by atoms with Gasteiger partial charge in [0.1, 0.15) is 0 Å². The lowest BCUT2D eigenvalue weighted by Crippen LogP contribution is -2.18. The summed E-state index contributed by atoms with van der Waals surface area (Å²) >= 11 is 10.7. The van der Waals surface area contributed by atoms with E-state index in [9.17, 15) is 4.79 Å². The van der Waals surface area contributed by atoms with Crippen LogP contribution in [-0.2, 0) is 16.1 Å². The maximum absolute atomic E-state index is 12.1. The number of carbonyl (C=O) groups is 1. The fourth-order valence-electron chi connectivity index (χ4n) is 2.30. The number of halogens is 2. The molecule has 1 aromatic heterocycles. The Kier molecular flexibility index (Phi) is 6.09. The molecule has 24 heavy (non-hydrogen) atoms. The van der Waals surface area contributed by atoms with E-state index in [4.69, 9.17) is 16.3 Å². The molecule has 1 amide bonds. The van der Waals surface area contributed by atoms with Gasteiger partial charge in [-0.2, -0.15) is 0 Å². The van der Waals surface area contributed by atoms with E-state index in [2.05, 4.69) is 36.8 Å². The number of thioether (sulfide) groups is 1. The smallest absolute Gasteiger partial charge is 0.234 e. The van der Waals surface area contributed by atoms with Gasteiger partial charge in [-0.1, -0.05) is 39.3 Å². The van der Waals surface area contributed by atoms with Gasteiger partial charge in [-0.15, -0.1) is 5.10 Å². The van der Waals surface area contributed by atoms with Crippen LogP contribution in [-0.4, -0.2) is 44.6 Å². The summed E-state index contributed by atoms with van der Waals surface area (Å²) in [7, 11) is 0. The van der Waals surface area contributed by atoms with E-state index in [0.717, 1.165) is 23.9 Å². The van der Waals surface area contributed by atoms with Crippen molar-refractivity contribution >= 4 is 50.9 Å². The second-order valence-corrected chi connectivity index (χ2v) is 7.50. The number of amides is 1. The minimum Gasteiger partial charge on any atom is -0.376 e. The van der Waals surface area contributed by atoms with Gasteiger partial charge < -0.3 is 10.1 Å². The Labute approximate surface area is 156 Å². The summed E-state index contributed by atoms with van der Waals surface area (Å²) in [5.41, 5.74) is 0.574. The number of nitrogens with one attached hydrogen (secondary N) is 1. The van der Waals surface area contributed by atoms with Crippen molar-refractivity contribution in [2.24, 2.45) is 0 Å². The van der Waals surface area contributed by atoms with Crippen molar-refractivity contribution in [1.82, 2.24) is 20.2 Å². The number of benzene rings is 1. The summed E-state index contributed by atoms with van der Waals surface area (Å²) in [5.74, 6) is 0.0223. The number of rotatable bonds is 6. The third-order valence-corrected chi connectivity index (χ3v) is 5.20. The van der Waals surface area contributed by atoms with Crippen LogP contribution in [0.25, 0.3) is 0 Å². The standard InChI is InChI=1S/C14H15BrClN5O2S/c15-9-3-4-12(11(16)6-9)17-13(22)8-24-14-18-19-20-21(14)7-10-2-1-5-23-10/h3-4,6,10H,1-2,5,7-8H2,(H,17,22)/t10-/m0/s1. The zero-order chi connectivity index (χ0) is 16.9. The van der Waals surface area contributed by atoms with E-state index in [1.165, 1.54) is 11.8 Å². The molecule has 1 aromatic carbocycles. The number of hydrogen-bond donors (Lipinski definition) is 1. The van der Waals surface area contributed by atoms with Gasteiger partial charge in [-0.05, 0) is 41.5 Å². The first kappa shape index (κ1) is 17.7. The summed E-state index contributed by atoms with van der Waals surface area (Å²) < 4.78 is 8.12. The molecule has 1 aliphatic rings. The van der Waals surface area contributed by atoms with Gasteiger partial charge in [-0.3, -0.25) is 4.79 Å². The Morgan fingerprint density at radius 1 is 1.54 bits per heavy atom. The zero-order valence-electron chi connectivity index (χ0n) is 12.6. The summed E-state index contributed by atoms with van der Waals surface area (Å²) in [6.07, 6.45) is 2.21. The van der Waals surface area contributed by atoms with E-state index in [1.54, 1.807) is 16.8 Å².